The van der Waals surface area contributed by atoms with Gasteiger partial charge in [-0.1, -0.05) is 95.1 Å². The Labute approximate surface area is 185 Å². The van der Waals surface area contributed by atoms with Gasteiger partial charge in [0, 0.05) is 11.1 Å². The maximum absolute atomic E-state index is 12.1. The summed E-state index contributed by atoms with van der Waals surface area (Å²) < 4.78 is 5.69. The molecule has 0 spiro atoms. The fourth-order valence-electron chi connectivity index (χ4n) is 2.93. The van der Waals surface area contributed by atoms with Crippen LogP contribution in [0.15, 0.2) is 97.1 Å². The summed E-state index contributed by atoms with van der Waals surface area (Å²) in [5.41, 5.74) is 6.31. The van der Waals surface area contributed by atoms with Gasteiger partial charge in [0.05, 0.1) is 0 Å². The lowest BCUT2D eigenvalue weighted by Gasteiger charge is -2.05. The van der Waals surface area contributed by atoms with Gasteiger partial charge in [-0.2, -0.15) is 0 Å². The first-order valence-corrected chi connectivity index (χ1v) is 10.4. The summed E-state index contributed by atoms with van der Waals surface area (Å²) in [4.78, 5) is 12.1. The molecule has 0 radical (unpaired) electrons. The molecule has 0 saturated heterocycles. The lowest BCUT2D eigenvalue weighted by atomic mass is 10.0. The molecule has 0 amide bonds. The van der Waals surface area contributed by atoms with Crippen LogP contribution in [0.5, 0.6) is 11.5 Å². The van der Waals surface area contributed by atoms with E-state index in [1.165, 1.54) is 22.3 Å². The fraction of sp³-hybridized carbons (Fsp3) is 0.138. The van der Waals surface area contributed by atoms with Crippen LogP contribution < -0.4 is 4.74 Å². The van der Waals surface area contributed by atoms with E-state index in [1.807, 2.05) is 111 Å². The third-order valence-electron chi connectivity index (χ3n) is 4.91. The molecule has 4 rings (SSSR count). The number of carbonyl (C=O) groups excluding carboxylic acids is 1. The quantitative estimate of drug-likeness (QED) is 0.324. The van der Waals surface area contributed by atoms with Gasteiger partial charge in [0.2, 0.25) is 0 Å². The summed E-state index contributed by atoms with van der Waals surface area (Å²) >= 11 is 0. The van der Waals surface area contributed by atoms with Crippen molar-refractivity contribution >= 4 is 5.78 Å². The Morgan fingerprint density at radius 2 is 0.710 bits per heavy atom. The normalized spacial score (nSPS) is 10.1. The lowest BCUT2D eigenvalue weighted by molar-refractivity contribution is 0.103. The van der Waals surface area contributed by atoms with Gasteiger partial charge in [-0.3, -0.25) is 4.79 Å². The molecule has 2 heteroatoms. The van der Waals surface area contributed by atoms with Gasteiger partial charge in [-0.05, 0) is 52.0 Å². The van der Waals surface area contributed by atoms with Crippen molar-refractivity contribution in [2.24, 2.45) is 0 Å². The van der Waals surface area contributed by atoms with Crippen molar-refractivity contribution in [3.05, 3.63) is 130 Å². The van der Waals surface area contributed by atoms with Crippen LogP contribution in [0.3, 0.4) is 0 Å². The molecular weight excluding hydrogens is 380 g/mol. The van der Waals surface area contributed by atoms with Crippen LogP contribution in [0.2, 0.25) is 0 Å². The van der Waals surface area contributed by atoms with Crippen molar-refractivity contribution in [3.63, 3.8) is 0 Å². The van der Waals surface area contributed by atoms with Crippen molar-refractivity contribution in [3.8, 4) is 11.5 Å². The highest BCUT2D eigenvalue weighted by molar-refractivity contribution is 6.08. The summed E-state index contributed by atoms with van der Waals surface area (Å²) in [6.07, 6.45) is 0. The largest absolute Gasteiger partial charge is 0.457 e. The zero-order valence-electron chi connectivity index (χ0n) is 18.6. The summed E-state index contributed by atoms with van der Waals surface area (Å²) in [5, 5.41) is 0. The summed E-state index contributed by atoms with van der Waals surface area (Å²) in [7, 11) is 0. The number of benzene rings is 4. The minimum absolute atomic E-state index is 0.0833. The molecule has 0 N–H and O–H groups in total. The van der Waals surface area contributed by atoms with E-state index in [2.05, 4.69) is 13.8 Å². The van der Waals surface area contributed by atoms with Crippen molar-refractivity contribution in [2.75, 3.05) is 0 Å². The third kappa shape index (κ3) is 6.68. The number of aryl methyl sites for hydroxylation is 4. The number of carbonyl (C=O) groups is 1. The molecule has 0 aliphatic heterocycles. The SMILES string of the molecule is Cc1ccc(C(=O)c2ccc(C)cc2)cc1.Cc1ccc(Oc2ccc(C)cc2)cc1. The predicted octanol–water partition coefficient (Wildman–Crippen LogP) is 7.63. The van der Waals surface area contributed by atoms with Crippen LogP contribution in [0.4, 0.5) is 0 Å². The zero-order chi connectivity index (χ0) is 22.2. The molecule has 156 valence electrons. The Morgan fingerprint density at radius 3 is 1.00 bits per heavy atom. The minimum atomic E-state index is 0.0833. The van der Waals surface area contributed by atoms with Crippen LogP contribution in [0, 0.1) is 27.7 Å². The molecule has 2 nitrogen and oxygen atoms in total. The molecule has 0 saturated carbocycles. The molecule has 4 aromatic carbocycles. The maximum atomic E-state index is 12.1. The second kappa shape index (κ2) is 10.4. The van der Waals surface area contributed by atoms with E-state index in [0.29, 0.717) is 0 Å². The lowest BCUT2D eigenvalue weighted by Crippen LogP contribution is -2.00. The standard InChI is InChI=1S/C15H14O.C14H14O/c1-11-3-7-13(8-4-11)15(16)14-9-5-12(2)6-10-14;1-11-3-7-13(8-4-11)15-14-9-5-12(2)6-10-14/h3-10H,1-2H3;3-10H,1-2H3. The van der Waals surface area contributed by atoms with Crippen molar-refractivity contribution in [1.82, 2.24) is 0 Å². The minimum Gasteiger partial charge on any atom is -0.457 e. The second-order valence-electron chi connectivity index (χ2n) is 7.79. The van der Waals surface area contributed by atoms with Gasteiger partial charge in [-0.25, -0.2) is 0 Å². The Bertz CT molecular complexity index is 1010. The first kappa shape index (κ1) is 22.0. The van der Waals surface area contributed by atoms with Crippen LogP contribution in [-0.2, 0) is 0 Å². The summed E-state index contributed by atoms with van der Waals surface area (Å²) in [6, 6.07) is 31.4. The molecule has 0 bridgehead atoms. The Hall–Kier alpha value is -3.65. The maximum Gasteiger partial charge on any atom is 0.193 e. The highest BCUT2D eigenvalue weighted by atomic mass is 16.5. The molecule has 0 unspecified atom stereocenters. The van der Waals surface area contributed by atoms with Gasteiger partial charge in [0.15, 0.2) is 5.78 Å². The third-order valence-corrected chi connectivity index (χ3v) is 4.91. The van der Waals surface area contributed by atoms with Gasteiger partial charge in [0.25, 0.3) is 0 Å². The van der Waals surface area contributed by atoms with E-state index in [0.717, 1.165) is 22.6 Å². The zero-order valence-corrected chi connectivity index (χ0v) is 18.6. The van der Waals surface area contributed by atoms with E-state index in [9.17, 15) is 4.79 Å². The van der Waals surface area contributed by atoms with Crippen molar-refractivity contribution in [1.29, 1.82) is 0 Å². The average molecular weight is 409 g/mol. The average Bonchev–Trinajstić information content (AvgIpc) is 2.78. The van der Waals surface area contributed by atoms with Gasteiger partial charge in [-0.15, -0.1) is 0 Å². The smallest absolute Gasteiger partial charge is 0.193 e. The summed E-state index contributed by atoms with van der Waals surface area (Å²) in [5.74, 6) is 1.84. The van der Waals surface area contributed by atoms with E-state index in [-0.39, 0.29) is 5.78 Å². The molecule has 0 aliphatic carbocycles. The molecule has 0 heterocycles. The number of ether oxygens (including phenoxy) is 1. The van der Waals surface area contributed by atoms with Crippen LogP contribution in [0.25, 0.3) is 0 Å². The number of hydrogen-bond acceptors (Lipinski definition) is 2. The predicted molar refractivity (Wildman–Crippen MR) is 128 cm³/mol. The number of hydrogen-bond donors (Lipinski definition) is 0. The van der Waals surface area contributed by atoms with Gasteiger partial charge < -0.3 is 4.74 Å². The van der Waals surface area contributed by atoms with E-state index >= 15 is 0 Å². The van der Waals surface area contributed by atoms with Gasteiger partial charge >= 0.3 is 0 Å². The Balaban J connectivity index is 0.000000176. The fourth-order valence-corrected chi connectivity index (χ4v) is 2.93. The molecular formula is C29H28O2. The summed E-state index contributed by atoms with van der Waals surface area (Å²) in [6.45, 7) is 8.16. The van der Waals surface area contributed by atoms with E-state index in [1.54, 1.807) is 0 Å². The van der Waals surface area contributed by atoms with Crippen LogP contribution >= 0.6 is 0 Å². The highest BCUT2D eigenvalue weighted by Crippen LogP contribution is 2.21. The van der Waals surface area contributed by atoms with E-state index < -0.39 is 0 Å². The topological polar surface area (TPSA) is 26.3 Å². The van der Waals surface area contributed by atoms with E-state index in [4.69, 9.17) is 4.74 Å². The molecule has 4 aromatic rings. The van der Waals surface area contributed by atoms with Crippen LogP contribution in [-0.4, -0.2) is 5.78 Å². The van der Waals surface area contributed by atoms with Crippen LogP contribution in [0.1, 0.15) is 38.2 Å². The Morgan fingerprint density at radius 1 is 0.452 bits per heavy atom. The Kier molecular flexibility index (Phi) is 7.40. The number of ketones is 1. The van der Waals surface area contributed by atoms with Gasteiger partial charge in [0.1, 0.15) is 11.5 Å². The first-order chi connectivity index (χ1) is 14.9. The van der Waals surface area contributed by atoms with Crippen molar-refractivity contribution in [2.45, 2.75) is 27.7 Å². The number of rotatable bonds is 4. The molecule has 0 aromatic heterocycles. The molecule has 0 fully saturated rings. The van der Waals surface area contributed by atoms with Crippen molar-refractivity contribution < 1.29 is 9.53 Å². The second-order valence-corrected chi connectivity index (χ2v) is 7.79. The molecule has 0 aliphatic rings. The molecule has 31 heavy (non-hydrogen) atoms. The first-order valence-electron chi connectivity index (χ1n) is 10.4. The highest BCUT2D eigenvalue weighted by Gasteiger charge is 2.07. The monoisotopic (exact) mass is 408 g/mol. The molecule has 0 atom stereocenters.